The van der Waals surface area contributed by atoms with Gasteiger partial charge >= 0.3 is 0 Å². The van der Waals surface area contributed by atoms with E-state index in [1.807, 2.05) is 11.4 Å². The quantitative estimate of drug-likeness (QED) is 0.573. The fourth-order valence-electron chi connectivity index (χ4n) is 2.10. The number of nitriles is 1. The second kappa shape index (κ2) is 6.86. The second-order valence-corrected chi connectivity index (χ2v) is 6.76. The Morgan fingerprint density at radius 3 is 3.08 bits per heavy atom. The van der Waals surface area contributed by atoms with E-state index in [0.717, 1.165) is 0 Å². The average Bonchev–Trinajstić information content (AvgIpc) is 3.05. The molecule has 0 aliphatic rings. The summed E-state index contributed by atoms with van der Waals surface area (Å²) in [6.45, 7) is 0. The molecular weight excluding hydrogens is 344 g/mol. The Labute approximate surface area is 145 Å². The van der Waals surface area contributed by atoms with Crippen LogP contribution in [0.15, 0.2) is 45.7 Å². The number of anilines is 1. The van der Waals surface area contributed by atoms with Gasteiger partial charge in [-0.3, -0.25) is 14.2 Å². The molecule has 3 rings (SSSR count). The van der Waals surface area contributed by atoms with Crippen molar-refractivity contribution in [2.45, 2.75) is 5.16 Å². The molecule has 0 saturated heterocycles. The maximum Gasteiger partial charge on any atom is 0.262 e. The molecule has 2 aromatic heterocycles. The zero-order valence-electron chi connectivity index (χ0n) is 12.6. The highest BCUT2D eigenvalue weighted by atomic mass is 32.2. The first-order valence-electron chi connectivity index (χ1n) is 6.95. The van der Waals surface area contributed by atoms with Gasteiger partial charge in [0.05, 0.1) is 22.8 Å². The van der Waals surface area contributed by atoms with Crippen LogP contribution in [0.2, 0.25) is 0 Å². The highest BCUT2D eigenvalue weighted by Gasteiger charge is 2.12. The Morgan fingerprint density at radius 2 is 2.29 bits per heavy atom. The first kappa shape index (κ1) is 16.2. The third kappa shape index (κ3) is 3.32. The van der Waals surface area contributed by atoms with Crippen LogP contribution in [0, 0.1) is 11.3 Å². The highest BCUT2D eigenvalue weighted by Crippen LogP contribution is 2.20. The molecule has 1 aromatic carbocycles. The fraction of sp³-hybridized carbons (Fsp3) is 0.125. The van der Waals surface area contributed by atoms with Crippen molar-refractivity contribution in [3.8, 4) is 6.07 Å². The summed E-state index contributed by atoms with van der Waals surface area (Å²) in [6, 6.07) is 10.5. The Balaban J connectivity index is 1.71. The van der Waals surface area contributed by atoms with Crippen molar-refractivity contribution in [2.24, 2.45) is 7.05 Å². The van der Waals surface area contributed by atoms with Gasteiger partial charge in [0, 0.05) is 12.7 Å². The lowest BCUT2D eigenvalue weighted by molar-refractivity contribution is -0.113. The average molecular weight is 356 g/mol. The van der Waals surface area contributed by atoms with Crippen LogP contribution < -0.4 is 10.9 Å². The van der Waals surface area contributed by atoms with Crippen LogP contribution in [0.1, 0.15) is 5.56 Å². The predicted octanol–water partition coefficient (Wildman–Crippen LogP) is 2.60. The van der Waals surface area contributed by atoms with Gasteiger partial charge in [-0.2, -0.15) is 5.26 Å². The summed E-state index contributed by atoms with van der Waals surface area (Å²) in [6.07, 6.45) is 0. The van der Waals surface area contributed by atoms with E-state index in [0.29, 0.717) is 26.6 Å². The van der Waals surface area contributed by atoms with Gasteiger partial charge in [-0.25, -0.2) is 4.98 Å². The molecule has 6 nitrogen and oxygen atoms in total. The molecule has 1 amide bonds. The number of amides is 1. The smallest absolute Gasteiger partial charge is 0.262 e. The van der Waals surface area contributed by atoms with Crippen molar-refractivity contribution in [2.75, 3.05) is 11.1 Å². The van der Waals surface area contributed by atoms with E-state index in [2.05, 4.69) is 10.3 Å². The summed E-state index contributed by atoms with van der Waals surface area (Å²) < 4.78 is 1.45. The SMILES string of the molecule is Cn1c(SCC(=O)Nc2cccc(C#N)c2)nc2sccc2c1=O. The number of benzene rings is 1. The van der Waals surface area contributed by atoms with Gasteiger partial charge in [-0.1, -0.05) is 17.8 Å². The third-order valence-electron chi connectivity index (χ3n) is 3.27. The largest absolute Gasteiger partial charge is 0.325 e. The standard InChI is InChI=1S/C16H12N4O2S2/c1-20-15(22)12-5-6-23-14(12)19-16(20)24-9-13(21)18-11-4-2-3-10(7-11)8-17/h2-7H,9H2,1H3,(H,18,21). The summed E-state index contributed by atoms with van der Waals surface area (Å²) in [4.78, 5) is 29.4. The van der Waals surface area contributed by atoms with Crippen molar-refractivity contribution in [1.29, 1.82) is 5.26 Å². The molecule has 0 aliphatic heterocycles. The van der Waals surface area contributed by atoms with Crippen LogP contribution in [-0.2, 0) is 11.8 Å². The molecule has 0 bridgehead atoms. The van der Waals surface area contributed by atoms with E-state index < -0.39 is 0 Å². The molecule has 1 N–H and O–H groups in total. The van der Waals surface area contributed by atoms with Crippen LogP contribution >= 0.6 is 23.1 Å². The number of hydrogen-bond acceptors (Lipinski definition) is 6. The minimum Gasteiger partial charge on any atom is -0.325 e. The number of aromatic nitrogens is 2. The minimum atomic E-state index is -0.226. The third-order valence-corrected chi connectivity index (χ3v) is 5.11. The number of thioether (sulfide) groups is 1. The number of rotatable bonds is 4. The number of thiophene rings is 1. The summed E-state index contributed by atoms with van der Waals surface area (Å²) in [5.74, 6) is -0.107. The van der Waals surface area contributed by atoms with E-state index in [1.165, 1.54) is 27.7 Å². The molecule has 0 saturated carbocycles. The predicted molar refractivity (Wildman–Crippen MR) is 95.4 cm³/mol. The summed E-state index contributed by atoms with van der Waals surface area (Å²) >= 11 is 2.59. The van der Waals surface area contributed by atoms with Crippen molar-refractivity contribution in [3.05, 3.63) is 51.6 Å². The van der Waals surface area contributed by atoms with Crippen molar-refractivity contribution in [3.63, 3.8) is 0 Å². The maximum atomic E-state index is 12.2. The second-order valence-electron chi connectivity index (χ2n) is 4.93. The number of carbonyl (C=O) groups is 1. The molecule has 0 radical (unpaired) electrons. The Kier molecular flexibility index (Phi) is 4.64. The van der Waals surface area contributed by atoms with E-state index in [1.54, 1.807) is 37.4 Å². The Hall–Kier alpha value is -2.63. The lowest BCUT2D eigenvalue weighted by Gasteiger charge is -2.08. The molecular formula is C16H12N4O2S2. The van der Waals surface area contributed by atoms with E-state index in [9.17, 15) is 9.59 Å². The molecule has 3 aromatic rings. The molecule has 0 atom stereocenters. The maximum absolute atomic E-state index is 12.2. The number of nitrogens with zero attached hydrogens (tertiary/aromatic N) is 3. The molecule has 0 unspecified atom stereocenters. The van der Waals surface area contributed by atoms with Gasteiger partial charge in [-0.05, 0) is 29.6 Å². The number of hydrogen-bond donors (Lipinski definition) is 1. The number of fused-ring (bicyclic) bond motifs is 1. The Bertz CT molecular complexity index is 1020. The Morgan fingerprint density at radius 1 is 1.46 bits per heavy atom. The fourth-order valence-corrected chi connectivity index (χ4v) is 3.68. The molecule has 8 heteroatoms. The molecule has 0 spiro atoms. The van der Waals surface area contributed by atoms with Crippen LogP contribution in [-0.4, -0.2) is 21.2 Å². The van der Waals surface area contributed by atoms with Crippen molar-refractivity contribution >= 4 is 44.9 Å². The zero-order chi connectivity index (χ0) is 17.1. The van der Waals surface area contributed by atoms with Gasteiger partial charge in [0.25, 0.3) is 5.56 Å². The van der Waals surface area contributed by atoms with Crippen LogP contribution in [0.25, 0.3) is 10.2 Å². The highest BCUT2D eigenvalue weighted by molar-refractivity contribution is 7.99. The minimum absolute atomic E-state index is 0.119. The van der Waals surface area contributed by atoms with Gasteiger partial charge in [-0.15, -0.1) is 11.3 Å². The molecule has 0 aliphatic carbocycles. The van der Waals surface area contributed by atoms with Gasteiger partial charge in [0.1, 0.15) is 4.83 Å². The van der Waals surface area contributed by atoms with Crippen molar-refractivity contribution < 1.29 is 4.79 Å². The molecule has 2 heterocycles. The van der Waals surface area contributed by atoms with Crippen LogP contribution in [0.5, 0.6) is 0 Å². The lowest BCUT2D eigenvalue weighted by Crippen LogP contribution is -2.20. The van der Waals surface area contributed by atoms with Crippen LogP contribution in [0.4, 0.5) is 5.69 Å². The zero-order valence-corrected chi connectivity index (χ0v) is 14.3. The molecule has 120 valence electrons. The lowest BCUT2D eigenvalue weighted by atomic mass is 10.2. The van der Waals surface area contributed by atoms with E-state index in [4.69, 9.17) is 5.26 Å². The van der Waals surface area contributed by atoms with E-state index >= 15 is 0 Å². The summed E-state index contributed by atoms with van der Waals surface area (Å²) in [7, 11) is 1.64. The van der Waals surface area contributed by atoms with Crippen LogP contribution in [0.3, 0.4) is 0 Å². The normalized spacial score (nSPS) is 10.5. The molecule has 24 heavy (non-hydrogen) atoms. The monoisotopic (exact) mass is 356 g/mol. The first-order chi connectivity index (χ1) is 11.6. The summed E-state index contributed by atoms with van der Waals surface area (Å²) in [5, 5.41) is 14.5. The van der Waals surface area contributed by atoms with E-state index in [-0.39, 0.29) is 17.2 Å². The van der Waals surface area contributed by atoms with Crippen molar-refractivity contribution in [1.82, 2.24) is 9.55 Å². The number of carbonyl (C=O) groups excluding carboxylic acids is 1. The first-order valence-corrected chi connectivity index (χ1v) is 8.82. The van der Waals surface area contributed by atoms with Gasteiger partial charge in [0.15, 0.2) is 5.16 Å². The molecule has 0 fully saturated rings. The topological polar surface area (TPSA) is 87.8 Å². The van der Waals surface area contributed by atoms with Gasteiger partial charge < -0.3 is 5.32 Å². The number of nitrogens with one attached hydrogen (secondary N) is 1. The summed E-state index contributed by atoms with van der Waals surface area (Å²) in [5.41, 5.74) is 0.925. The van der Waals surface area contributed by atoms with Gasteiger partial charge in [0.2, 0.25) is 5.91 Å².